The van der Waals surface area contributed by atoms with E-state index in [0.29, 0.717) is 12.2 Å². The largest absolute Gasteiger partial charge is 0.426 e. The van der Waals surface area contributed by atoms with Gasteiger partial charge in [-0.1, -0.05) is 12.2 Å². The predicted octanol–water partition coefficient (Wildman–Crippen LogP) is 3.73. The Kier molecular flexibility index (Phi) is 2.19. The Morgan fingerprint density at radius 2 is 1.06 bits per heavy atom. The molecule has 4 atom stereocenters. The van der Waals surface area contributed by atoms with Crippen LogP contribution in [0.15, 0.2) is 12.2 Å². The molecule has 0 heterocycles. The van der Waals surface area contributed by atoms with Gasteiger partial charge in [0.25, 0.3) is 11.3 Å². The number of halogens is 8. The number of allylic oxidation sites excluding steroid dienone is 2. The molecule has 2 aliphatic carbocycles. The highest BCUT2D eigenvalue weighted by molar-refractivity contribution is 5.32. The average molecular weight is 266 g/mol. The minimum Gasteiger partial charge on any atom is -0.229 e. The fraction of sp³-hybridized carbons (Fsp3) is 0.778. The van der Waals surface area contributed by atoms with Crippen molar-refractivity contribution in [1.29, 1.82) is 0 Å². The molecule has 0 amide bonds. The average Bonchev–Trinajstić information content (AvgIpc) is 2.66. The molecule has 17 heavy (non-hydrogen) atoms. The first kappa shape index (κ1) is 12.6. The molecule has 0 aromatic carbocycles. The van der Waals surface area contributed by atoms with E-state index in [4.69, 9.17) is 0 Å². The standard InChI is InChI=1S/C9H6F8/c10-6(8(12,13)14)4-1-2-5(3-4)7(6,11)9(15,16)17/h1-2,4-5H,3H2/t4-,5+,6-,7+. The Morgan fingerprint density at radius 1 is 0.765 bits per heavy atom. The maximum Gasteiger partial charge on any atom is 0.426 e. The van der Waals surface area contributed by atoms with Gasteiger partial charge >= 0.3 is 12.4 Å². The van der Waals surface area contributed by atoms with Crippen LogP contribution in [0.1, 0.15) is 6.42 Å². The van der Waals surface area contributed by atoms with Crippen molar-refractivity contribution in [3.8, 4) is 0 Å². The van der Waals surface area contributed by atoms with Crippen LogP contribution in [0.5, 0.6) is 0 Å². The maximum absolute atomic E-state index is 13.8. The second-order valence-electron chi connectivity index (χ2n) is 4.25. The summed E-state index contributed by atoms with van der Waals surface area (Å²) >= 11 is 0. The van der Waals surface area contributed by atoms with Crippen LogP contribution in [0.25, 0.3) is 0 Å². The number of hydrogen-bond donors (Lipinski definition) is 0. The molecular weight excluding hydrogens is 260 g/mol. The van der Waals surface area contributed by atoms with Gasteiger partial charge in [0.2, 0.25) is 0 Å². The lowest BCUT2D eigenvalue weighted by molar-refractivity contribution is -0.346. The van der Waals surface area contributed by atoms with E-state index in [1.54, 1.807) is 0 Å². The normalized spacial score (nSPS) is 45.6. The van der Waals surface area contributed by atoms with Gasteiger partial charge in [-0.15, -0.1) is 0 Å². The third-order valence-electron chi connectivity index (χ3n) is 3.46. The maximum atomic E-state index is 13.8. The molecule has 0 aromatic rings. The summed E-state index contributed by atoms with van der Waals surface area (Å²) in [6.45, 7) is 0. The highest BCUT2D eigenvalue weighted by Crippen LogP contribution is 2.67. The topological polar surface area (TPSA) is 0 Å². The zero-order valence-corrected chi connectivity index (χ0v) is 8.04. The molecule has 0 unspecified atom stereocenters. The lowest BCUT2D eigenvalue weighted by Gasteiger charge is -2.41. The SMILES string of the molecule is FC(F)(F)[C@]1(F)[C@H]2C=C[C@H](C2)[C@]1(F)C(F)(F)F. The Labute approximate surface area is 90.3 Å². The van der Waals surface area contributed by atoms with E-state index in [0.717, 1.165) is 0 Å². The van der Waals surface area contributed by atoms with Crippen molar-refractivity contribution in [2.75, 3.05) is 0 Å². The zero-order valence-electron chi connectivity index (χ0n) is 8.04. The molecule has 1 fully saturated rings. The first-order valence-electron chi connectivity index (χ1n) is 4.66. The molecule has 0 nitrogen and oxygen atoms in total. The van der Waals surface area contributed by atoms with Gasteiger partial charge in [0.1, 0.15) is 0 Å². The molecule has 8 heteroatoms. The van der Waals surface area contributed by atoms with E-state index in [1.807, 2.05) is 0 Å². The first-order valence-corrected chi connectivity index (χ1v) is 4.66. The lowest BCUT2D eigenvalue weighted by atomic mass is 9.76. The first-order chi connectivity index (χ1) is 7.46. The molecule has 0 spiro atoms. The molecule has 2 bridgehead atoms. The van der Waals surface area contributed by atoms with Gasteiger partial charge in [0.05, 0.1) is 0 Å². The van der Waals surface area contributed by atoms with Crippen LogP contribution < -0.4 is 0 Å². The van der Waals surface area contributed by atoms with Crippen LogP contribution in [-0.2, 0) is 0 Å². The smallest absolute Gasteiger partial charge is 0.229 e. The van der Waals surface area contributed by atoms with Crippen molar-refractivity contribution in [1.82, 2.24) is 0 Å². The van der Waals surface area contributed by atoms with Crippen molar-refractivity contribution in [2.45, 2.75) is 30.1 Å². The summed E-state index contributed by atoms with van der Waals surface area (Å²) in [6.07, 6.45) is -11.3. The monoisotopic (exact) mass is 266 g/mol. The van der Waals surface area contributed by atoms with Gasteiger partial charge in [-0.2, -0.15) is 26.3 Å². The summed E-state index contributed by atoms with van der Waals surface area (Å²) in [7, 11) is 0. The zero-order chi connectivity index (χ0) is 13.3. The molecule has 2 aliphatic rings. The molecule has 2 rings (SSSR count). The minimum atomic E-state index is -5.90. The minimum absolute atomic E-state index is 0.668. The van der Waals surface area contributed by atoms with Gasteiger partial charge in [-0.25, -0.2) is 8.78 Å². The Bertz CT molecular complexity index is 332. The molecule has 0 aliphatic heterocycles. The molecule has 1 saturated carbocycles. The highest BCUT2D eigenvalue weighted by atomic mass is 19.4. The Balaban J connectivity index is 2.62. The fourth-order valence-electron chi connectivity index (χ4n) is 2.66. The number of hydrogen-bond acceptors (Lipinski definition) is 0. The van der Waals surface area contributed by atoms with Crippen molar-refractivity contribution in [2.24, 2.45) is 11.8 Å². The van der Waals surface area contributed by atoms with E-state index in [9.17, 15) is 35.1 Å². The van der Waals surface area contributed by atoms with E-state index in [2.05, 4.69) is 0 Å². The Hall–Kier alpha value is -0.820. The second-order valence-corrected chi connectivity index (χ2v) is 4.25. The van der Waals surface area contributed by atoms with Gasteiger partial charge in [0, 0.05) is 11.8 Å². The van der Waals surface area contributed by atoms with Crippen molar-refractivity contribution in [3.05, 3.63) is 12.2 Å². The summed E-state index contributed by atoms with van der Waals surface area (Å²) in [4.78, 5) is 0. The molecular formula is C9H6F8. The van der Waals surface area contributed by atoms with Crippen LogP contribution in [0.4, 0.5) is 35.1 Å². The number of rotatable bonds is 0. The number of alkyl halides is 8. The summed E-state index contributed by atoms with van der Waals surface area (Å²) in [5, 5.41) is 0. The highest BCUT2D eigenvalue weighted by Gasteiger charge is 2.87. The van der Waals surface area contributed by atoms with E-state index in [-0.39, 0.29) is 0 Å². The number of fused-ring (bicyclic) bond motifs is 2. The van der Waals surface area contributed by atoms with Crippen LogP contribution in [0.2, 0.25) is 0 Å². The second kappa shape index (κ2) is 2.95. The predicted molar refractivity (Wildman–Crippen MR) is 40.5 cm³/mol. The molecule has 98 valence electrons. The molecule has 0 radical (unpaired) electrons. The van der Waals surface area contributed by atoms with Crippen LogP contribution in [0, 0.1) is 11.8 Å². The van der Waals surface area contributed by atoms with E-state index in [1.165, 1.54) is 0 Å². The Morgan fingerprint density at radius 3 is 1.29 bits per heavy atom. The van der Waals surface area contributed by atoms with Gasteiger partial charge in [-0.05, 0) is 6.42 Å². The van der Waals surface area contributed by atoms with Gasteiger partial charge in [0.15, 0.2) is 0 Å². The molecule has 0 aromatic heterocycles. The van der Waals surface area contributed by atoms with Crippen molar-refractivity contribution >= 4 is 0 Å². The summed E-state index contributed by atoms with van der Waals surface area (Å²) in [5.74, 6) is -4.22. The van der Waals surface area contributed by atoms with E-state index >= 15 is 0 Å². The lowest BCUT2D eigenvalue weighted by Crippen LogP contribution is -2.66. The summed E-state index contributed by atoms with van der Waals surface area (Å²) < 4.78 is 102. The van der Waals surface area contributed by atoms with Gasteiger partial charge < -0.3 is 0 Å². The van der Waals surface area contributed by atoms with Gasteiger partial charge in [-0.3, -0.25) is 0 Å². The van der Waals surface area contributed by atoms with Crippen molar-refractivity contribution < 1.29 is 35.1 Å². The molecule has 0 N–H and O–H groups in total. The molecule has 0 saturated heterocycles. The third kappa shape index (κ3) is 1.18. The quantitative estimate of drug-likeness (QED) is 0.463. The summed E-state index contributed by atoms with van der Waals surface area (Å²) in [5.41, 5.74) is -9.78. The fourth-order valence-corrected chi connectivity index (χ4v) is 2.66. The third-order valence-corrected chi connectivity index (χ3v) is 3.46. The van der Waals surface area contributed by atoms with Crippen LogP contribution in [0.3, 0.4) is 0 Å². The van der Waals surface area contributed by atoms with Crippen LogP contribution >= 0.6 is 0 Å². The summed E-state index contributed by atoms with van der Waals surface area (Å²) in [6, 6.07) is 0. The van der Waals surface area contributed by atoms with Crippen molar-refractivity contribution in [3.63, 3.8) is 0 Å². The van der Waals surface area contributed by atoms with E-state index < -0.39 is 41.9 Å². The van der Waals surface area contributed by atoms with Crippen LogP contribution in [-0.4, -0.2) is 23.7 Å².